The molecular formula is C11H22ClN3O. The minimum atomic E-state index is -0.0868. The molecule has 4 nitrogen and oxygen atoms in total. The molecule has 94 valence electrons. The van der Waals surface area contributed by atoms with E-state index < -0.39 is 0 Å². The zero-order chi connectivity index (χ0) is 11.3. The highest BCUT2D eigenvalue weighted by Crippen LogP contribution is 2.11. The van der Waals surface area contributed by atoms with E-state index in [4.69, 9.17) is 5.73 Å². The summed E-state index contributed by atoms with van der Waals surface area (Å²) in [4.78, 5) is 13.8. The molecule has 1 rings (SSSR count). The molecule has 5 heteroatoms. The molecule has 1 aliphatic rings. The fraction of sp³-hybridized carbons (Fsp3) is 0.727. The molecule has 1 fully saturated rings. The summed E-state index contributed by atoms with van der Waals surface area (Å²) in [5, 5.41) is 2.80. The predicted molar refractivity (Wildman–Crippen MR) is 68.7 cm³/mol. The van der Waals surface area contributed by atoms with Gasteiger partial charge in [0.2, 0.25) is 5.91 Å². The van der Waals surface area contributed by atoms with Gasteiger partial charge in [0.05, 0.1) is 6.04 Å². The molecule has 0 saturated carbocycles. The molecule has 2 atom stereocenters. The molecule has 0 aromatic rings. The van der Waals surface area contributed by atoms with Crippen molar-refractivity contribution in [2.24, 2.45) is 5.73 Å². The van der Waals surface area contributed by atoms with E-state index in [0.29, 0.717) is 6.54 Å². The smallest absolute Gasteiger partial charge is 0.237 e. The fourth-order valence-corrected chi connectivity index (χ4v) is 1.88. The van der Waals surface area contributed by atoms with Crippen LogP contribution in [0, 0.1) is 0 Å². The average molecular weight is 248 g/mol. The van der Waals surface area contributed by atoms with Crippen LogP contribution in [0.15, 0.2) is 12.7 Å². The summed E-state index contributed by atoms with van der Waals surface area (Å²) < 4.78 is 0. The van der Waals surface area contributed by atoms with Crippen molar-refractivity contribution in [2.45, 2.75) is 31.8 Å². The van der Waals surface area contributed by atoms with Crippen LogP contribution >= 0.6 is 12.4 Å². The van der Waals surface area contributed by atoms with E-state index in [1.807, 2.05) is 6.92 Å². The summed E-state index contributed by atoms with van der Waals surface area (Å²) >= 11 is 0. The van der Waals surface area contributed by atoms with Crippen LogP contribution in [-0.4, -0.2) is 42.5 Å². The van der Waals surface area contributed by atoms with Crippen LogP contribution < -0.4 is 11.1 Å². The number of halogens is 1. The number of likely N-dealkylation sites (tertiary alicyclic amines) is 1. The van der Waals surface area contributed by atoms with Crippen molar-refractivity contribution in [3.8, 4) is 0 Å². The van der Waals surface area contributed by atoms with Gasteiger partial charge in [-0.1, -0.05) is 6.08 Å². The zero-order valence-corrected chi connectivity index (χ0v) is 10.6. The Morgan fingerprint density at radius 3 is 3.00 bits per heavy atom. The molecule has 1 amide bonds. The van der Waals surface area contributed by atoms with Crippen molar-refractivity contribution in [1.82, 2.24) is 10.2 Å². The summed E-state index contributed by atoms with van der Waals surface area (Å²) in [6, 6.07) is 0.129. The topological polar surface area (TPSA) is 58.4 Å². The predicted octanol–water partition coefficient (Wildman–Crippen LogP) is 0.522. The highest BCUT2D eigenvalue weighted by atomic mass is 35.5. The molecule has 0 bridgehead atoms. The van der Waals surface area contributed by atoms with Gasteiger partial charge in [-0.15, -0.1) is 19.0 Å². The molecule has 0 spiro atoms. The highest BCUT2D eigenvalue weighted by molar-refractivity contribution is 5.85. The maximum absolute atomic E-state index is 11.7. The van der Waals surface area contributed by atoms with E-state index in [1.54, 1.807) is 6.08 Å². The monoisotopic (exact) mass is 247 g/mol. The van der Waals surface area contributed by atoms with Crippen LogP contribution in [-0.2, 0) is 4.79 Å². The Balaban J connectivity index is 0.00000225. The maximum atomic E-state index is 11.7. The first-order valence-corrected chi connectivity index (χ1v) is 5.53. The Bertz CT molecular complexity index is 235. The number of amides is 1. The number of hydrogen-bond donors (Lipinski definition) is 2. The lowest BCUT2D eigenvalue weighted by Crippen LogP contribution is -2.52. The molecule has 3 N–H and O–H groups in total. The zero-order valence-electron chi connectivity index (χ0n) is 9.82. The van der Waals surface area contributed by atoms with E-state index in [9.17, 15) is 4.79 Å². The first kappa shape index (κ1) is 15.4. The lowest BCUT2D eigenvalue weighted by molar-refractivity contribution is -0.126. The van der Waals surface area contributed by atoms with E-state index in [2.05, 4.69) is 16.8 Å². The van der Waals surface area contributed by atoms with Gasteiger partial charge in [-0.25, -0.2) is 0 Å². The molecule has 1 saturated heterocycles. The third-order valence-electron chi connectivity index (χ3n) is 2.84. The summed E-state index contributed by atoms with van der Waals surface area (Å²) in [7, 11) is 0. The first-order chi connectivity index (χ1) is 7.15. The van der Waals surface area contributed by atoms with Crippen molar-refractivity contribution in [1.29, 1.82) is 0 Å². The standard InChI is InChI=1S/C11H21N3O.ClH/c1-3-6-13-11(15)9(2)14-7-4-5-10(12)8-14;/h3,9-10H,1,4-8,12H2,2H3,(H,13,15);1H/t9?,10-;/m1./s1. The van der Waals surface area contributed by atoms with E-state index in [1.165, 1.54) is 0 Å². The average Bonchev–Trinajstić information content (AvgIpc) is 2.24. The number of nitrogens with two attached hydrogens (primary N) is 1. The fourth-order valence-electron chi connectivity index (χ4n) is 1.88. The molecule has 1 heterocycles. The lowest BCUT2D eigenvalue weighted by Gasteiger charge is -2.34. The Morgan fingerprint density at radius 2 is 2.44 bits per heavy atom. The SMILES string of the molecule is C=CCNC(=O)C(C)N1CCC[C@@H](N)C1.Cl. The summed E-state index contributed by atoms with van der Waals surface area (Å²) in [6.07, 6.45) is 3.84. The van der Waals surface area contributed by atoms with Gasteiger partial charge in [0.1, 0.15) is 0 Å². The number of carbonyl (C=O) groups excluding carboxylic acids is 1. The third-order valence-corrected chi connectivity index (χ3v) is 2.84. The summed E-state index contributed by atoms with van der Waals surface area (Å²) in [6.45, 7) is 7.82. The van der Waals surface area contributed by atoms with Gasteiger partial charge in [-0.05, 0) is 26.3 Å². The second-order valence-corrected chi connectivity index (χ2v) is 4.11. The molecule has 0 aromatic heterocycles. The minimum Gasteiger partial charge on any atom is -0.351 e. The number of rotatable bonds is 4. The van der Waals surface area contributed by atoms with Gasteiger partial charge in [-0.3, -0.25) is 9.69 Å². The van der Waals surface area contributed by atoms with Crippen LogP contribution in [0.4, 0.5) is 0 Å². The van der Waals surface area contributed by atoms with Crippen LogP contribution in [0.25, 0.3) is 0 Å². The van der Waals surface area contributed by atoms with Gasteiger partial charge in [0, 0.05) is 19.1 Å². The number of nitrogens with zero attached hydrogens (tertiary/aromatic N) is 1. The number of piperidine rings is 1. The van der Waals surface area contributed by atoms with Gasteiger partial charge in [-0.2, -0.15) is 0 Å². The van der Waals surface area contributed by atoms with Gasteiger partial charge >= 0.3 is 0 Å². The van der Waals surface area contributed by atoms with Crippen molar-refractivity contribution in [3.05, 3.63) is 12.7 Å². The molecule has 1 aliphatic heterocycles. The van der Waals surface area contributed by atoms with Crippen molar-refractivity contribution in [3.63, 3.8) is 0 Å². The minimum absolute atomic E-state index is 0. The van der Waals surface area contributed by atoms with E-state index in [-0.39, 0.29) is 30.4 Å². The van der Waals surface area contributed by atoms with Crippen molar-refractivity contribution >= 4 is 18.3 Å². The highest BCUT2D eigenvalue weighted by Gasteiger charge is 2.25. The van der Waals surface area contributed by atoms with Gasteiger partial charge in [0.25, 0.3) is 0 Å². The van der Waals surface area contributed by atoms with Crippen molar-refractivity contribution < 1.29 is 4.79 Å². The van der Waals surface area contributed by atoms with E-state index in [0.717, 1.165) is 25.9 Å². The van der Waals surface area contributed by atoms with Gasteiger partial charge in [0.15, 0.2) is 0 Å². The molecule has 0 aromatic carbocycles. The Morgan fingerprint density at radius 1 is 1.75 bits per heavy atom. The number of carbonyl (C=O) groups is 1. The molecule has 0 radical (unpaired) electrons. The van der Waals surface area contributed by atoms with Crippen LogP contribution in [0.1, 0.15) is 19.8 Å². The summed E-state index contributed by atoms with van der Waals surface area (Å²) in [5.74, 6) is 0.0593. The normalized spacial score (nSPS) is 23.0. The Hall–Kier alpha value is -0.580. The molecule has 16 heavy (non-hydrogen) atoms. The van der Waals surface area contributed by atoms with Crippen LogP contribution in [0.5, 0.6) is 0 Å². The van der Waals surface area contributed by atoms with Crippen molar-refractivity contribution in [2.75, 3.05) is 19.6 Å². The molecule has 1 unspecified atom stereocenters. The van der Waals surface area contributed by atoms with E-state index >= 15 is 0 Å². The molecule has 0 aliphatic carbocycles. The maximum Gasteiger partial charge on any atom is 0.237 e. The quantitative estimate of drug-likeness (QED) is 0.713. The number of hydrogen-bond acceptors (Lipinski definition) is 3. The second-order valence-electron chi connectivity index (χ2n) is 4.11. The lowest BCUT2D eigenvalue weighted by atomic mass is 10.0. The Kier molecular flexibility index (Phi) is 7.38. The molecular weight excluding hydrogens is 226 g/mol. The van der Waals surface area contributed by atoms with Crippen LogP contribution in [0.3, 0.4) is 0 Å². The van der Waals surface area contributed by atoms with Gasteiger partial charge < -0.3 is 11.1 Å². The largest absolute Gasteiger partial charge is 0.351 e. The first-order valence-electron chi connectivity index (χ1n) is 5.53. The third kappa shape index (κ3) is 4.51. The van der Waals surface area contributed by atoms with Crippen LogP contribution in [0.2, 0.25) is 0 Å². The Labute approximate surface area is 104 Å². The number of nitrogens with one attached hydrogen (secondary N) is 1. The second kappa shape index (κ2) is 7.65. The summed E-state index contributed by atoms with van der Waals surface area (Å²) in [5.41, 5.74) is 5.87.